The molecule has 1 heterocycles. The number of ketones is 1. The predicted molar refractivity (Wildman–Crippen MR) is 151 cm³/mol. The molecule has 0 N–H and O–H groups in total. The second-order valence-electron chi connectivity index (χ2n) is 8.98. The number of non-ortho nitro benzene ring substituents is 1. The van der Waals surface area contributed by atoms with Crippen LogP contribution in [0.15, 0.2) is 102 Å². The highest BCUT2D eigenvalue weighted by Gasteiger charge is 2.42. The number of nitro groups is 1. The van der Waals surface area contributed by atoms with Gasteiger partial charge in [0.15, 0.2) is 5.78 Å². The van der Waals surface area contributed by atoms with Crippen molar-refractivity contribution in [2.45, 2.75) is 0 Å². The number of ether oxygens (including phenoxy) is 1. The summed E-state index contributed by atoms with van der Waals surface area (Å²) in [5.74, 6) is -3.56. The van der Waals surface area contributed by atoms with E-state index in [9.17, 15) is 34.1 Å². The third-order valence-electron chi connectivity index (χ3n) is 6.33. The van der Waals surface area contributed by atoms with E-state index in [2.05, 4.69) is 15.9 Å². The Hall–Kier alpha value is -5.49. The van der Waals surface area contributed by atoms with Crippen LogP contribution in [-0.4, -0.2) is 51.0 Å². The monoisotopic (exact) mass is 627 g/mol. The van der Waals surface area contributed by atoms with Crippen molar-refractivity contribution in [3.63, 3.8) is 0 Å². The number of benzene rings is 4. The Bertz CT molecular complexity index is 1720. The number of hydrazine groups is 1. The molecule has 3 amide bonds. The number of nitrogens with zero attached hydrogens (tertiary/aromatic N) is 3. The average molecular weight is 628 g/mol. The van der Waals surface area contributed by atoms with Crippen molar-refractivity contribution in [1.29, 1.82) is 0 Å². The summed E-state index contributed by atoms with van der Waals surface area (Å²) in [7, 11) is 0. The highest BCUT2D eigenvalue weighted by Crippen LogP contribution is 2.26. The fraction of sp³-hybridized carbons (Fsp3) is 0.0333. The molecule has 0 atom stereocenters. The molecule has 12 heteroatoms. The molecule has 5 rings (SSSR count). The van der Waals surface area contributed by atoms with Gasteiger partial charge >= 0.3 is 5.97 Å². The quantitative estimate of drug-likeness (QED) is 0.0654. The number of carbonyl (C=O) groups excluding carboxylic acids is 5. The van der Waals surface area contributed by atoms with E-state index in [0.717, 1.165) is 21.6 Å². The van der Waals surface area contributed by atoms with Crippen molar-refractivity contribution < 1.29 is 33.6 Å². The Balaban J connectivity index is 1.39. The number of nitro benzene ring substituents is 1. The number of esters is 1. The molecule has 0 saturated heterocycles. The lowest BCUT2D eigenvalue weighted by Crippen LogP contribution is -2.51. The lowest BCUT2D eigenvalue weighted by atomic mass is 10.1. The van der Waals surface area contributed by atoms with Crippen LogP contribution >= 0.6 is 15.9 Å². The summed E-state index contributed by atoms with van der Waals surface area (Å²) >= 11 is 3.29. The molecule has 0 spiro atoms. The van der Waals surface area contributed by atoms with E-state index in [-0.39, 0.29) is 33.7 Å². The summed E-state index contributed by atoms with van der Waals surface area (Å²) in [6.45, 7) is -0.709. The van der Waals surface area contributed by atoms with Gasteiger partial charge in [0.1, 0.15) is 12.3 Å². The Morgan fingerprint density at radius 2 is 1.29 bits per heavy atom. The van der Waals surface area contributed by atoms with Crippen LogP contribution in [0.1, 0.15) is 51.8 Å². The molecule has 11 nitrogen and oxygen atoms in total. The second-order valence-corrected chi connectivity index (χ2v) is 9.89. The van der Waals surface area contributed by atoms with Crippen molar-refractivity contribution in [2.75, 3.05) is 6.54 Å². The molecule has 0 aromatic heterocycles. The zero-order valence-electron chi connectivity index (χ0n) is 21.4. The van der Waals surface area contributed by atoms with Crippen LogP contribution in [0.4, 0.5) is 5.69 Å². The number of Topliss-reactive ketones (excluding diaryl/α,β-unsaturated/α-hetero) is 1. The Kier molecular flexibility index (Phi) is 7.71. The molecule has 1 aliphatic rings. The number of amides is 3. The van der Waals surface area contributed by atoms with Crippen molar-refractivity contribution in [3.8, 4) is 5.75 Å². The standard InChI is InChI=1S/C30H18BrN3O8/c31-21-11-5-20(6-12-21)30(39)42-23-15-9-18(10-16-23)26(35)17-32(27(36)19-7-13-22(14-8-19)34(40)41)33-28(37)24-3-1-2-4-25(24)29(33)38/h1-16H,17H2. The van der Waals surface area contributed by atoms with E-state index in [1.165, 1.54) is 48.5 Å². The van der Waals surface area contributed by atoms with Crippen molar-refractivity contribution in [1.82, 2.24) is 10.0 Å². The van der Waals surface area contributed by atoms with Gasteiger partial charge in [-0.1, -0.05) is 28.1 Å². The number of fused-ring (bicyclic) bond motifs is 1. The summed E-state index contributed by atoms with van der Waals surface area (Å²) in [5, 5.41) is 12.4. The van der Waals surface area contributed by atoms with Gasteiger partial charge in [-0.3, -0.25) is 29.3 Å². The molecular weight excluding hydrogens is 610 g/mol. The van der Waals surface area contributed by atoms with Crippen molar-refractivity contribution in [2.24, 2.45) is 0 Å². The first kappa shape index (κ1) is 28.1. The summed E-state index contributed by atoms with van der Waals surface area (Å²) in [6, 6.07) is 22.6. The molecule has 0 unspecified atom stereocenters. The first-order chi connectivity index (χ1) is 20.1. The summed E-state index contributed by atoms with van der Waals surface area (Å²) in [4.78, 5) is 76.1. The van der Waals surface area contributed by atoms with Gasteiger partial charge in [0.05, 0.1) is 21.6 Å². The number of hydrogen-bond donors (Lipinski definition) is 0. The minimum Gasteiger partial charge on any atom is -0.423 e. The summed E-state index contributed by atoms with van der Waals surface area (Å²) < 4.78 is 6.14. The van der Waals surface area contributed by atoms with Crippen LogP contribution in [0.3, 0.4) is 0 Å². The lowest BCUT2D eigenvalue weighted by Gasteiger charge is -2.29. The number of rotatable bonds is 8. The Morgan fingerprint density at radius 3 is 1.83 bits per heavy atom. The maximum atomic E-state index is 13.6. The molecule has 0 fully saturated rings. The number of halogens is 1. The first-order valence-corrected chi connectivity index (χ1v) is 13.1. The molecule has 208 valence electrons. The van der Waals surface area contributed by atoms with Gasteiger partial charge in [0, 0.05) is 27.7 Å². The van der Waals surface area contributed by atoms with Crippen LogP contribution < -0.4 is 4.74 Å². The van der Waals surface area contributed by atoms with Crippen LogP contribution in [-0.2, 0) is 0 Å². The highest BCUT2D eigenvalue weighted by atomic mass is 79.9. The summed E-state index contributed by atoms with van der Waals surface area (Å²) in [6.07, 6.45) is 0. The Morgan fingerprint density at radius 1 is 0.762 bits per heavy atom. The predicted octanol–water partition coefficient (Wildman–Crippen LogP) is 5.11. The third kappa shape index (κ3) is 5.56. The van der Waals surface area contributed by atoms with Gasteiger partial charge in [-0.15, -0.1) is 0 Å². The maximum absolute atomic E-state index is 13.6. The minimum absolute atomic E-state index is 0.0633. The molecule has 0 aliphatic carbocycles. The van der Waals surface area contributed by atoms with Gasteiger partial charge in [-0.25, -0.2) is 9.80 Å². The third-order valence-corrected chi connectivity index (χ3v) is 6.86. The van der Waals surface area contributed by atoms with Crippen LogP contribution in [0.5, 0.6) is 5.75 Å². The maximum Gasteiger partial charge on any atom is 0.343 e. The van der Waals surface area contributed by atoms with Gasteiger partial charge in [0.25, 0.3) is 23.4 Å². The molecule has 0 saturated carbocycles. The average Bonchev–Trinajstić information content (AvgIpc) is 3.25. The number of hydrogen-bond acceptors (Lipinski definition) is 8. The topological polar surface area (TPSA) is 144 Å². The van der Waals surface area contributed by atoms with Crippen molar-refractivity contribution in [3.05, 3.63) is 139 Å². The van der Waals surface area contributed by atoms with Gasteiger partial charge in [-0.05, 0) is 72.8 Å². The minimum atomic E-state index is -0.896. The van der Waals surface area contributed by atoms with E-state index in [1.54, 1.807) is 36.4 Å². The number of carbonyl (C=O) groups is 5. The Labute approximate surface area is 246 Å². The molecule has 4 aromatic carbocycles. The highest BCUT2D eigenvalue weighted by molar-refractivity contribution is 9.10. The van der Waals surface area contributed by atoms with E-state index in [1.807, 2.05) is 0 Å². The second kappa shape index (κ2) is 11.6. The van der Waals surface area contributed by atoms with Crippen LogP contribution in [0, 0.1) is 10.1 Å². The smallest absolute Gasteiger partial charge is 0.343 e. The summed E-state index contributed by atoms with van der Waals surface area (Å²) in [5.41, 5.74) is 0.203. The fourth-order valence-corrected chi connectivity index (χ4v) is 4.46. The van der Waals surface area contributed by atoms with Gasteiger partial charge in [-0.2, -0.15) is 5.01 Å². The first-order valence-electron chi connectivity index (χ1n) is 12.3. The van der Waals surface area contributed by atoms with E-state index in [4.69, 9.17) is 4.74 Å². The van der Waals surface area contributed by atoms with E-state index < -0.39 is 40.9 Å². The lowest BCUT2D eigenvalue weighted by molar-refractivity contribution is -0.384. The van der Waals surface area contributed by atoms with Crippen LogP contribution in [0.2, 0.25) is 0 Å². The van der Waals surface area contributed by atoms with E-state index in [0.29, 0.717) is 10.6 Å². The number of imide groups is 1. The molecule has 0 bridgehead atoms. The molecule has 4 aromatic rings. The zero-order valence-corrected chi connectivity index (χ0v) is 23.0. The molecule has 42 heavy (non-hydrogen) atoms. The normalized spacial score (nSPS) is 12.1. The van der Waals surface area contributed by atoms with Crippen LogP contribution in [0.25, 0.3) is 0 Å². The van der Waals surface area contributed by atoms with Gasteiger partial charge < -0.3 is 4.74 Å². The van der Waals surface area contributed by atoms with Crippen molar-refractivity contribution >= 4 is 51.1 Å². The molecule has 0 radical (unpaired) electrons. The largest absolute Gasteiger partial charge is 0.423 e. The van der Waals surface area contributed by atoms with E-state index >= 15 is 0 Å². The van der Waals surface area contributed by atoms with Gasteiger partial charge in [0.2, 0.25) is 0 Å². The molecule has 1 aliphatic heterocycles. The molecular formula is C30H18BrN3O8. The SMILES string of the molecule is O=C(CN(C(=O)c1ccc([N+](=O)[O-])cc1)N1C(=O)c2ccccc2C1=O)c1ccc(OC(=O)c2ccc(Br)cc2)cc1. The fourth-order valence-electron chi connectivity index (χ4n) is 4.19. The zero-order chi connectivity index (χ0) is 30.0.